The Kier molecular flexibility index (Phi) is 21.2. The molecule has 9 N–H and O–H groups in total. The van der Waals surface area contributed by atoms with E-state index in [4.69, 9.17) is 23.7 Å². The SMILES string of the molecule is CCCCCC=CC=CC(=O)OCC(O)C1OC(OC2C(CO)OC(c3c(O)cc(O)cc3CO)C(O)C2OC(=O)C=CC=CCC(O)C=CC=CC(C)C)C(O)C1O. The normalized spacial score (nSPS) is 27.7. The van der Waals surface area contributed by atoms with Crippen LogP contribution >= 0.6 is 0 Å². The maximum Gasteiger partial charge on any atom is 0.331 e. The molecule has 328 valence electrons. The molecule has 0 spiro atoms. The molecule has 0 saturated carbocycles. The molecule has 11 atom stereocenters. The van der Waals surface area contributed by atoms with E-state index in [9.17, 15) is 55.5 Å². The fourth-order valence-corrected chi connectivity index (χ4v) is 6.30. The minimum Gasteiger partial charge on any atom is -0.508 e. The number of rotatable bonds is 22. The first-order valence-electron chi connectivity index (χ1n) is 19.7. The minimum absolute atomic E-state index is 0.0599. The lowest BCUT2D eigenvalue weighted by Gasteiger charge is -2.44. The number of carbonyl (C=O) groups excluding carboxylic acids is 2. The molecule has 16 nitrogen and oxygen atoms in total. The lowest BCUT2D eigenvalue weighted by Crippen LogP contribution is -2.59. The molecule has 1 aromatic carbocycles. The number of ether oxygens (including phenoxy) is 5. The second-order valence-corrected chi connectivity index (χ2v) is 14.5. The third kappa shape index (κ3) is 15.4. The molecule has 16 heteroatoms. The largest absolute Gasteiger partial charge is 0.508 e. The van der Waals surface area contributed by atoms with Crippen LogP contribution in [-0.4, -0.2) is 132 Å². The van der Waals surface area contributed by atoms with Crippen molar-refractivity contribution in [3.8, 4) is 11.5 Å². The van der Waals surface area contributed by atoms with Crippen LogP contribution in [0, 0.1) is 5.92 Å². The van der Waals surface area contributed by atoms with Crippen molar-refractivity contribution in [2.75, 3.05) is 13.2 Å². The fourth-order valence-electron chi connectivity index (χ4n) is 6.30. The van der Waals surface area contributed by atoms with E-state index in [1.165, 1.54) is 18.2 Å². The van der Waals surface area contributed by atoms with Crippen molar-refractivity contribution in [1.82, 2.24) is 0 Å². The zero-order chi connectivity index (χ0) is 43.5. The summed E-state index contributed by atoms with van der Waals surface area (Å²) in [6.45, 7) is 3.93. The van der Waals surface area contributed by atoms with Crippen LogP contribution in [0.4, 0.5) is 0 Å². The van der Waals surface area contributed by atoms with Gasteiger partial charge in [-0.05, 0) is 36.8 Å². The van der Waals surface area contributed by atoms with Gasteiger partial charge in [0.15, 0.2) is 12.4 Å². The van der Waals surface area contributed by atoms with E-state index in [-0.39, 0.29) is 17.5 Å². The molecular weight excluding hydrogens is 772 g/mol. The highest BCUT2D eigenvalue weighted by atomic mass is 16.7. The Morgan fingerprint density at radius 2 is 1.53 bits per heavy atom. The van der Waals surface area contributed by atoms with Crippen LogP contribution in [-0.2, 0) is 39.9 Å². The molecule has 2 saturated heterocycles. The molecule has 2 heterocycles. The molecule has 59 heavy (non-hydrogen) atoms. The summed E-state index contributed by atoms with van der Waals surface area (Å²) in [7, 11) is 0. The van der Waals surface area contributed by atoms with Gasteiger partial charge in [0.25, 0.3) is 0 Å². The molecule has 11 unspecified atom stereocenters. The van der Waals surface area contributed by atoms with Gasteiger partial charge in [0, 0.05) is 23.8 Å². The lowest BCUT2D eigenvalue weighted by atomic mass is 9.88. The van der Waals surface area contributed by atoms with Crippen LogP contribution in [0.25, 0.3) is 0 Å². The number of benzene rings is 1. The van der Waals surface area contributed by atoms with Crippen molar-refractivity contribution in [3.05, 3.63) is 96.2 Å². The fraction of sp³-hybridized carbons (Fsp3) is 0.535. The van der Waals surface area contributed by atoms with E-state index in [2.05, 4.69) is 6.92 Å². The topological polar surface area (TPSA) is 262 Å². The standard InChI is InChI=1S/C43H60O16/c1-4-5-6-7-8-9-12-19-33(50)55-25-31(49)39-36(52)37(53)43(58-39)59-40-32(24-45)56-41(35-27(23-44)21-29(47)22-30(35)48)38(54)42(40)57-34(51)20-13-10-11-17-28(46)18-15-14-16-26(2)3/h8-16,18-22,26,28,31-32,36-49,52-54H,4-7,17,23-25H2,1-3H3. The molecule has 0 amide bonds. The zero-order valence-electron chi connectivity index (χ0n) is 33.6. The summed E-state index contributed by atoms with van der Waals surface area (Å²) in [6, 6.07) is 2.05. The van der Waals surface area contributed by atoms with Crippen LogP contribution in [0.1, 0.15) is 70.1 Å². The number of allylic oxidation sites excluding steroid dienone is 8. The van der Waals surface area contributed by atoms with E-state index in [1.807, 2.05) is 32.1 Å². The zero-order valence-corrected chi connectivity index (χ0v) is 33.6. The van der Waals surface area contributed by atoms with E-state index in [0.29, 0.717) is 5.92 Å². The summed E-state index contributed by atoms with van der Waals surface area (Å²) in [6.07, 6.45) is 5.27. The number of phenols is 2. The summed E-state index contributed by atoms with van der Waals surface area (Å²) in [4.78, 5) is 25.3. The molecule has 2 aliphatic heterocycles. The Hall–Kier alpha value is -4.20. The van der Waals surface area contributed by atoms with Crippen molar-refractivity contribution < 1.29 is 79.2 Å². The highest BCUT2D eigenvalue weighted by Crippen LogP contribution is 2.42. The van der Waals surface area contributed by atoms with E-state index in [0.717, 1.165) is 50.0 Å². The monoisotopic (exact) mass is 832 g/mol. The van der Waals surface area contributed by atoms with Gasteiger partial charge in [-0.2, -0.15) is 0 Å². The first-order chi connectivity index (χ1) is 28.2. The number of aliphatic hydroxyl groups is 7. The van der Waals surface area contributed by atoms with Gasteiger partial charge in [-0.15, -0.1) is 0 Å². The number of aromatic hydroxyl groups is 2. The Bertz CT molecular complexity index is 1630. The molecule has 2 aliphatic rings. The summed E-state index contributed by atoms with van der Waals surface area (Å²) < 4.78 is 28.2. The van der Waals surface area contributed by atoms with Crippen molar-refractivity contribution in [1.29, 1.82) is 0 Å². The molecule has 0 aromatic heterocycles. The predicted octanol–water partition coefficient (Wildman–Crippen LogP) is 2.36. The van der Waals surface area contributed by atoms with Crippen LogP contribution in [0.5, 0.6) is 11.5 Å². The highest BCUT2D eigenvalue weighted by Gasteiger charge is 2.54. The van der Waals surface area contributed by atoms with Gasteiger partial charge >= 0.3 is 11.9 Å². The number of aliphatic hydroxyl groups excluding tert-OH is 7. The number of phenolic OH excluding ortho intramolecular Hbond substituents is 2. The molecule has 1 aromatic rings. The Morgan fingerprint density at radius 1 is 0.831 bits per heavy atom. The molecule has 3 rings (SSSR count). The molecule has 0 radical (unpaired) electrons. The smallest absolute Gasteiger partial charge is 0.331 e. The first-order valence-corrected chi connectivity index (χ1v) is 19.7. The number of carbonyl (C=O) groups is 2. The average Bonchev–Trinajstić information content (AvgIpc) is 3.48. The summed E-state index contributed by atoms with van der Waals surface area (Å²) >= 11 is 0. The van der Waals surface area contributed by atoms with Gasteiger partial charge in [0.1, 0.15) is 66.9 Å². The van der Waals surface area contributed by atoms with Crippen LogP contribution in [0.2, 0.25) is 0 Å². The molecular formula is C43H60O16. The van der Waals surface area contributed by atoms with Gasteiger partial charge < -0.3 is 69.6 Å². The quantitative estimate of drug-likeness (QED) is 0.0352. The second-order valence-electron chi connectivity index (χ2n) is 14.5. The van der Waals surface area contributed by atoms with E-state index >= 15 is 0 Å². The van der Waals surface area contributed by atoms with Crippen molar-refractivity contribution in [2.45, 2.75) is 127 Å². The Balaban J connectivity index is 1.78. The number of esters is 2. The number of hydrogen-bond acceptors (Lipinski definition) is 16. The van der Waals surface area contributed by atoms with Gasteiger partial charge in [-0.25, -0.2) is 9.59 Å². The molecule has 0 bridgehead atoms. The maximum absolute atomic E-state index is 13.2. The molecule has 2 fully saturated rings. The van der Waals surface area contributed by atoms with Crippen molar-refractivity contribution in [3.63, 3.8) is 0 Å². The number of unbranched alkanes of at least 4 members (excludes halogenated alkanes) is 3. The van der Waals surface area contributed by atoms with Gasteiger partial charge in [0.2, 0.25) is 0 Å². The average molecular weight is 833 g/mol. The maximum atomic E-state index is 13.2. The summed E-state index contributed by atoms with van der Waals surface area (Å²) in [5.41, 5.74) is -0.250. The summed E-state index contributed by atoms with van der Waals surface area (Å²) in [5, 5.41) is 95.4. The highest BCUT2D eigenvalue weighted by molar-refractivity contribution is 5.82. The summed E-state index contributed by atoms with van der Waals surface area (Å²) in [5.74, 6) is -2.45. The van der Waals surface area contributed by atoms with E-state index in [1.54, 1.807) is 24.3 Å². The van der Waals surface area contributed by atoms with Crippen molar-refractivity contribution in [2.24, 2.45) is 5.92 Å². The Morgan fingerprint density at radius 3 is 2.20 bits per heavy atom. The van der Waals surface area contributed by atoms with Gasteiger partial charge in [0.05, 0.1) is 19.3 Å². The second kappa shape index (κ2) is 25.4. The minimum atomic E-state index is -1.90. The third-order valence-electron chi connectivity index (χ3n) is 9.35. The van der Waals surface area contributed by atoms with Crippen LogP contribution in [0.3, 0.4) is 0 Å². The predicted molar refractivity (Wildman–Crippen MR) is 213 cm³/mol. The number of hydrogen-bond donors (Lipinski definition) is 9. The first kappa shape index (κ1) is 49.2. The molecule has 0 aliphatic carbocycles. The Labute approximate surface area is 344 Å². The van der Waals surface area contributed by atoms with Crippen LogP contribution < -0.4 is 0 Å². The van der Waals surface area contributed by atoms with Crippen molar-refractivity contribution >= 4 is 11.9 Å². The van der Waals surface area contributed by atoms with E-state index < -0.39 is 111 Å². The van der Waals surface area contributed by atoms with Gasteiger partial charge in [-0.3, -0.25) is 0 Å². The van der Waals surface area contributed by atoms with Crippen LogP contribution in [0.15, 0.2) is 85.0 Å². The van der Waals surface area contributed by atoms with Gasteiger partial charge in [-0.1, -0.05) is 94.4 Å². The lowest BCUT2D eigenvalue weighted by molar-refractivity contribution is -0.294. The third-order valence-corrected chi connectivity index (χ3v) is 9.35.